The number of imide groups is 1. The zero-order chi connectivity index (χ0) is 43.0. The van der Waals surface area contributed by atoms with Gasteiger partial charge in [0.25, 0.3) is 0 Å². The summed E-state index contributed by atoms with van der Waals surface area (Å²) in [5.74, 6) is -0.0369. The Hall–Kier alpha value is -1.39. The Morgan fingerprint density at radius 3 is 0.729 bits per heavy atom. The summed E-state index contributed by atoms with van der Waals surface area (Å²) in [6.07, 6.45) is 57.2. The van der Waals surface area contributed by atoms with E-state index in [1.54, 1.807) is 0 Å². The molecule has 0 aromatic carbocycles. The lowest BCUT2D eigenvalue weighted by Crippen LogP contribution is -2.42. The van der Waals surface area contributed by atoms with E-state index in [2.05, 4.69) is 26.1 Å². The molecule has 0 bridgehead atoms. The molecule has 5 nitrogen and oxygen atoms in total. The molecular formula is C54H106N2O3. The van der Waals surface area contributed by atoms with E-state index in [1.165, 1.54) is 242 Å². The molecule has 0 aromatic rings. The summed E-state index contributed by atoms with van der Waals surface area (Å²) < 4.78 is 0. The summed E-state index contributed by atoms with van der Waals surface area (Å²) in [4.78, 5) is 40.8. The van der Waals surface area contributed by atoms with E-state index in [9.17, 15) is 14.4 Å². The van der Waals surface area contributed by atoms with Gasteiger partial charge < -0.3 is 5.32 Å². The SMILES string of the molecule is CCCCCCCCCCCCCCCCCC(=O)NCCN(C(=O)CCCCCCCCCCCCCCC)C(=O)CCCCCCCCCCCCCCCCC. The van der Waals surface area contributed by atoms with Crippen LogP contribution in [0.2, 0.25) is 0 Å². The van der Waals surface area contributed by atoms with E-state index in [0.29, 0.717) is 32.4 Å². The van der Waals surface area contributed by atoms with E-state index in [4.69, 9.17) is 0 Å². The van der Waals surface area contributed by atoms with Crippen molar-refractivity contribution in [1.82, 2.24) is 10.2 Å². The molecule has 0 heterocycles. The minimum atomic E-state index is -0.0457. The van der Waals surface area contributed by atoms with E-state index in [-0.39, 0.29) is 17.7 Å². The molecule has 0 aliphatic heterocycles. The zero-order valence-electron chi connectivity index (χ0n) is 40.6. The normalized spacial score (nSPS) is 11.4. The third-order valence-corrected chi connectivity index (χ3v) is 12.8. The highest BCUT2D eigenvalue weighted by molar-refractivity contribution is 5.95. The van der Waals surface area contributed by atoms with Crippen LogP contribution in [0.4, 0.5) is 0 Å². The van der Waals surface area contributed by atoms with Crippen LogP contribution >= 0.6 is 0 Å². The molecule has 0 aromatic heterocycles. The van der Waals surface area contributed by atoms with E-state index >= 15 is 0 Å². The number of carbonyl (C=O) groups is 3. The number of hydrogen-bond donors (Lipinski definition) is 1. The highest BCUT2D eigenvalue weighted by atomic mass is 16.2. The van der Waals surface area contributed by atoms with Gasteiger partial charge in [-0.3, -0.25) is 19.3 Å². The first-order chi connectivity index (χ1) is 29.1. The third kappa shape index (κ3) is 44.5. The predicted octanol–water partition coefficient (Wildman–Crippen LogP) is 17.5. The van der Waals surface area contributed by atoms with Gasteiger partial charge in [0.05, 0.1) is 0 Å². The monoisotopic (exact) mass is 831 g/mol. The van der Waals surface area contributed by atoms with Crippen LogP contribution in [0.1, 0.15) is 316 Å². The molecule has 5 heteroatoms. The molecule has 0 radical (unpaired) electrons. The number of unbranched alkanes of at least 4 members (excludes halogenated alkanes) is 40. The minimum absolute atomic E-state index is 0.0453. The predicted molar refractivity (Wildman–Crippen MR) is 259 cm³/mol. The Kier molecular flexibility index (Phi) is 48.1. The van der Waals surface area contributed by atoms with Crippen molar-refractivity contribution in [2.75, 3.05) is 13.1 Å². The molecule has 3 amide bonds. The molecule has 0 unspecified atom stereocenters. The Balaban J connectivity index is 4.30. The number of nitrogens with one attached hydrogen (secondary N) is 1. The van der Waals surface area contributed by atoms with Crippen molar-refractivity contribution in [3.63, 3.8) is 0 Å². The second kappa shape index (κ2) is 49.3. The quantitative estimate of drug-likeness (QED) is 0.0621. The smallest absolute Gasteiger partial charge is 0.229 e. The number of nitrogens with zero attached hydrogens (tertiary/aromatic N) is 1. The maximum Gasteiger partial charge on any atom is 0.229 e. The van der Waals surface area contributed by atoms with Crippen LogP contribution in [0.25, 0.3) is 0 Å². The molecule has 0 atom stereocenters. The summed E-state index contributed by atoms with van der Waals surface area (Å²) >= 11 is 0. The minimum Gasteiger partial charge on any atom is -0.354 e. The molecular weight excluding hydrogens is 725 g/mol. The van der Waals surface area contributed by atoms with Gasteiger partial charge in [-0.25, -0.2) is 0 Å². The van der Waals surface area contributed by atoms with Crippen molar-refractivity contribution in [3.8, 4) is 0 Å². The second-order valence-corrected chi connectivity index (χ2v) is 18.7. The third-order valence-electron chi connectivity index (χ3n) is 12.8. The van der Waals surface area contributed by atoms with Crippen molar-refractivity contribution < 1.29 is 14.4 Å². The average Bonchev–Trinajstić information content (AvgIpc) is 3.23. The van der Waals surface area contributed by atoms with Gasteiger partial charge in [0, 0.05) is 32.4 Å². The van der Waals surface area contributed by atoms with E-state index in [0.717, 1.165) is 38.5 Å². The van der Waals surface area contributed by atoms with Crippen molar-refractivity contribution >= 4 is 17.7 Å². The number of hydrogen-bond acceptors (Lipinski definition) is 3. The lowest BCUT2D eigenvalue weighted by atomic mass is 10.0. The average molecular weight is 831 g/mol. The molecule has 0 spiro atoms. The molecule has 0 rings (SSSR count). The van der Waals surface area contributed by atoms with Crippen LogP contribution < -0.4 is 5.32 Å². The van der Waals surface area contributed by atoms with Crippen LogP contribution in [0.15, 0.2) is 0 Å². The Labute approximate surface area is 370 Å². The van der Waals surface area contributed by atoms with Crippen molar-refractivity contribution in [3.05, 3.63) is 0 Å². The van der Waals surface area contributed by atoms with Crippen LogP contribution in [0.3, 0.4) is 0 Å². The number of carbonyl (C=O) groups excluding carboxylic acids is 3. The van der Waals surface area contributed by atoms with Gasteiger partial charge in [0.15, 0.2) is 0 Å². The first-order valence-electron chi connectivity index (χ1n) is 27.2. The van der Waals surface area contributed by atoms with Gasteiger partial charge in [0.2, 0.25) is 17.7 Å². The highest BCUT2D eigenvalue weighted by Crippen LogP contribution is 2.17. The van der Waals surface area contributed by atoms with Crippen molar-refractivity contribution in [2.24, 2.45) is 0 Å². The summed E-state index contributed by atoms with van der Waals surface area (Å²) in [6, 6.07) is 0. The molecule has 0 aliphatic rings. The fourth-order valence-electron chi connectivity index (χ4n) is 8.65. The topological polar surface area (TPSA) is 66.5 Å². The number of rotatable bonds is 49. The van der Waals surface area contributed by atoms with Gasteiger partial charge >= 0.3 is 0 Å². The largest absolute Gasteiger partial charge is 0.354 e. The van der Waals surface area contributed by atoms with Gasteiger partial charge in [-0.2, -0.15) is 0 Å². The number of amides is 3. The molecule has 0 saturated heterocycles. The molecule has 1 N–H and O–H groups in total. The van der Waals surface area contributed by atoms with Gasteiger partial charge in [0.1, 0.15) is 0 Å². The standard InChI is InChI=1S/C54H106N2O3/c1-4-7-10-13-16-19-22-25-27-30-32-35-38-41-44-47-52(57)55-50-51-56(53(58)48-45-42-39-36-33-29-24-21-18-15-12-9-6-3)54(59)49-46-43-40-37-34-31-28-26-23-20-17-14-11-8-5-2/h4-51H2,1-3H3,(H,55,57). The molecule has 59 heavy (non-hydrogen) atoms. The second-order valence-electron chi connectivity index (χ2n) is 18.7. The summed E-state index contributed by atoms with van der Waals surface area (Å²) in [5.41, 5.74) is 0. The van der Waals surface area contributed by atoms with Crippen LogP contribution in [-0.4, -0.2) is 35.7 Å². The Morgan fingerprint density at radius 2 is 0.492 bits per heavy atom. The summed E-state index contributed by atoms with van der Waals surface area (Å²) in [7, 11) is 0. The first-order valence-corrected chi connectivity index (χ1v) is 27.2. The highest BCUT2D eigenvalue weighted by Gasteiger charge is 2.20. The molecule has 350 valence electrons. The lowest BCUT2D eigenvalue weighted by molar-refractivity contribution is -0.145. The molecule has 0 fully saturated rings. The molecule has 0 saturated carbocycles. The van der Waals surface area contributed by atoms with Crippen LogP contribution in [0.5, 0.6) is 0 Å². The van der Waals surface area contributed by atoms with E-state index in [1.807, 2.05) is 0 Å². The first kappa shape index (κ1) is 57.6. The fraction of sp³-hybridized carbons (Fsp3) is 0.944. The maximum absolute atomic E-state index is 13.3. The van der Waals surface area contributed by atoms with Gasteiger partial charge in [-0.15, -0.1) is 0 Å². The van der Waals surface area contributed by atoms with Crippen LogP contribution in [0, 0.1) is 0 Å². The fourth-order valence-corrected chi connectivity index (χ4v) is 8.65. The maximum atomic E-state index is 13.3. The van der Waals surface area contributed by atoms with Crippen LogP contribution in [-0.2, 0) is 14.4 Å². The summed E-state index contributed by atoms with van der Waals surface area (Å²) in [6.45, 7) is 7.51. The zero-order valence-corrected chi connectivity index (χ0v) is 40.6. The van der Waals surface area contributed by atoms with Gasteiger partial charge in [-0.1, -0.05) is 278 Å². The van der Waals surface area contributed by atoms with Gasteiger partial charge in [-0.05, 0) is 19.3 Å². The Bertz CT molecular complexity index is 876. The molecule has 0 aliphatic carbocycles. The lowest BCUT2D eigenvalue weighted by Gasteiger charge is -2.21. The summed E-state index contributed by atoms with van der Waals surface area (Å²) in [5, 5.41) is 3.03. The van der Waals surface area contributed by atoms with Crippen molar-refractivity contribution in [1.29, 1.82) is 0 Å². The van der Waals surface area contributed by atoms with E-state index < -0.39 is 0 Å². The van der Waals surface area contributed by atoms with Crippen molar-refractivity contribution in [2.45, 2.75) is 316 Å². The Morgan fingerprint density at radius 1 is 0.288 bits per heavy atom.